The molecule has 0 spiro atoms. The summed E-state index contributed by atoms with van der Waals surface area (Å²) in [7, 11) is 1.86. The van der Waals surface area contributed by atoms with Crippen LogP contribution in [0.4, 0.5) is 0 Å². The number of aryl methyl sites for hydroxylation is 2. The lowest BCUT2D eigenvalue weighted by molar-refractivity contribution is -0.122. The molecule has 0 saturated carbocycles. The molecule has 7 heteroatoms. The highest BCUT2D eigenvalue weighted by molar-refractivity contribution is 9.10. The number of amides is 1. The number of rotatable bonds is 4. The van der Waals surface area contributed by atoms with Crippen molar-refractivity contribution in [3.05, 3.63) is 34.3 Å². The van der Waals surface area contributed by atoms with Crippen LogP contribution >= 0.6 is 15.9 Å². The Kier molecular flexibility index (Phi) is 3.81. The van der Waals surface area contributed by atoms with Gasteiger partial charge in [-0.1, -0.05) is 0 Å². The molecule has 6 nitrogen and oxygen atoms in total. The lowest BCUT2D eigenvalue weighted by Gasteiger charge is -2.05. The Bertz CT molecular complexity index is 560. The minimum Gasteiger partial charge on any atom is -0.349 e. The lowest BCUT2D eigenvalue weighted by atomic mass is 10.3. The van der Waals surface area contributed by atoms with E-state index in [0.717, 1.165) is 15.9 Å². The molecule has 0 bridgehead atoms. The fourth-order valence-electron chi connectivity index (χ4n) is 1.65. The summed E-state index contributed by atoms with van der Waals surface area (Å²) >= 11 is 3.28. The summed E-state index contributed by atoms with van der Waals surface area (Å²) in [4.78, 5) is 11.7. The standard InChI is InChI=1S/C11H14BrN5O/c1-8-3-10(16(2)15-8)5-13-11(18)7-17-6-9(12)4-14-17/h3-4,6H,5,7H2,1-2H3,(H,13,18). The Hall–Kier alpha value is -1.63. The Morgan fingerprint density at radius 3 is 2.89 bits per heavy atom. The Morgan fingerprint density at radius 2 is 2.33 bits per heavy atom. The van der Waals surface area contributed by atoms with Crippen LogP contribution in [0.5, 0.6) is 0 Å². The molecule has 0 aliphatic heterocycles. The zero-order chi connectivity index (χ0) is 13.1. The van der Waals surface area contributed by atoms with Gasteiger partial charge >= 0.3 is 0 Å². The van der Waals surface area contributed by atoms with Gasteiger partial charge in [0.2, 0.25) is 5.91 Å². The first-order valence-corrected chi connectivity index (χ1v) is 6.28. The quantitative estimate of drug-likeness (QED) is 0.916. The van der Waals surface area contributed by atoms with E-state index in [1.54, 1.807) is 21.8 Å². The molecule has 0 unspecified atom stereocenters. The molecule has 2 heterocycles. The minimum atomic E-state index is -0.0792. The smallest absolute Gasteiger partial charge is 0.242 e. The topological polar surface area (TPSA) is 64.7 Å². The van der Waals surface area contributed by atoms with Crippen LogP contribution < -0.4 is 5.32 Å². The summed E-state index contributed by atoms with van der Waals surface area (Å²) in [6.45, 7) is 2.60. The first-order chi connectivity index (χ1) is 8.54. The van der Waals surface area contributed by atoms with Gasteiger partial charge in [-0.05, 0) is 28.9 Å². The van der Waals surface area contributed by atoms with Crippen LogP contribution in [-0.4, -0.2) is 25.5 Å². The summed E-state index contributed by atoms with van der Waals surface area (Å²) < 4.78 is 4.20. The van der Waals surface area contributed by atoms with Crippen LogP contribution in [0.1, 0.15) is 11.4 Å². The predicted molar refractivity (Wildman–Crippen MR) is 69.7 cm³/mol. The molecule has 2 rings (SSSR count). The largest absolute Gasteiger partial charge is 0.349 e. The third kappa shape index (κ3) is 3.19. The Labute approximate surface area is 113 Å². The fourth-order valence-corrected chi connectivity index (χ4v) is 1.97. The maximum atomic E-state index is 11.7. The lowest BCUT2D eigenvalue weighted by Crippen LogP contribution is -2.28. The highest BCUT2D eigenvalue weighted by atomic mass is 79.9. The van der Waals surface area contributed by atoms with E-state index in [2.05, 4.69) is 31.4 Å². The number of carbonyl (C=O) groups excluding carboxylic acids is 1. The minimum absolute atomic E-state index is 0.0792. The van der Waals surface area contributed by atoms with Crippen LogP contribution in [0.3, 0.4) is 0 Å². The van der Waals surface area contributed by atoms with Gasteiger partial charge in [0.15, 0.2) is 0 Å². The predicted octanol–water partition coefficient (Wildman–Crippen LogP) is 1.00. The summed E-state index contributed by atoms with van der Waals surface area (Å²) in [6, 6.07) is 1.95. The van der Waals surface area contributed by atoms with Crippen LogP contribution in [0.15, 0.2) is 22.9 Å². The number of nitrogens with zero attached hydrogens (tertiary/aromatic N) is 4. The molecular formula is C11H14BrN5O. The van der Waals surface area contributed by atoms with Gasteiger partial charge in [0.1, 0.15) is 6.54 Å². The van der Waals surface area contributed by atoms with Gasteiger partial charge in [0, 0.05) is 13.2 Å². The SMILES string of the molecule is Cc1cc(CNC(=O)Cn2cc(Br)cn2)n(C)n1. The van der Waals surface area contributed by atoms with Crippen molar-refractivity contribution in [1.82, 2.24) is 24.9 Å². The molecule has 2 aromatic rings. The zero-order valence-corrected chi connectivity index (χ0v) is 11.8. The van der Waals surface area contributed by atoms with Crippen molar-refractivity contribution in [3.8, 4) is 0 Å². The van der Waals surface area contributed by atoms with Gasteiger partial charge in [0.05, 0.1) is 28.6 Å². The third-order valence-electron chi connectivity index (χ3n) is 2.47. The van der Waals surface area contributed by atoms with Gasteiger partial charge in [-0.3, -0.25) is 14.2 Å². The number of carbonyl (C=O) groups is 1. The summed E-state index contributed by atoms with van der Waals surface area (Å²) in [5.74, 6) is -0.0792. The van der Waals surface area contributed by atoms with Crippen molar-refractivity contribution in [2.75, 3.05) is 0 Å². The molecule has 0 radical (unpaired) electrons. The monoisotopic (exact) mass is 311 g/mol. The number of hydrogen-bond acceptors (Lipinski definition) is 3. The summed E-state index contributed by atoms with van der Waals surface area (Å²) in [5, 5.41) is 11.1. The molecule has 18 heavy (non-hydrogen) atoms. The average Bonchev–Trinajstić information content (AvgIpc) is 2.82. The van der Waals surface area contributed by atoms with Gasteiger partial charge in [-0.2, -0.15) is 10.2 Å². The van der Waals surface area contributed by atoms with Crippen molar-refractivity contribution in [1.29, 1.82) is 0 Å². The molecule has 96 valence electrons. The molecule has 0 aromatic carbocycles. The van der Waals surface area contributed by atoms with Crippen molar-refractivity contribution in [2.24, 2.45) is 7.05 Å². The molecule has 0 fully saturated rings. The molecule has 1 N–H and O–H groups in total. The maximum absolute atomic E-state index is 11.7. The van der Waals surface area contributed by atoms with E-state index in [9.17, 15) is 4.79 Å². The van der Waals surface area contributed by atoms with Gasteiger partial charge in [0.25, 0.3) is 0 Å². The molecule has 0 aliphatic carbocycles. The third-order valence-corrected chi connectivity index (χ3v) is 2.88. The van der Waals surface area contributed by atoms with E-state index in [4.69, 9.17) is 0 Å². The van der Waals surface area contributed by atoms with Crippen LogP contribution in [0, 0.1) is 6.92 Å². The Morgan fingerprint density at radius 1 is 1.56 bits per heavy atom. The van der Waals surface area contributed by atoms with E-state index >= 15 is 0 Å². The maximum Gasteiger partial charge on any atom is 0.242 e. The second-order valence-corrected chi connectivity index (χ2v) is 4.95. The van der Waals surface area contributed by atoms with Gasteiger partial charge in [-0.25, -0.2) is 0 Å². The number of halogens is 1. The molecule has 1 amide bonds. The first kappa shape index (κ1) is 12.8. The second kappa shape index (κ2) is 5.34. The normalized spacial score (nSPS) is 10.6. The van der Waals surface area contributed by atoms with E-state index < -0.39 is 0 Å². The zero-order valence-electron chi connectivity index (χ0n) is 10.2. The molecule has 0 atom stereocenters. The molecule has 2 aromatic heterocycles. The van der Waals surface area contributed by atoms with Crippen molar-refractivity contribution < 1.29 is 4.79 Å². The van der Waals surface area contributed by atoms with Gasteiger partial charge < -0.3 is 5.32 Å². The summed E-state index contributed by atoms with van der Waals surface area (Å²) in [6.07, 6.45) is 3.41. The summed E-state index contributed by atoms with van der Waals surface area (Å²) in [5.41, 5.74) is 1.92. The van der Waals surface area contributed by atoms with E-state index in [1.165, 1.54) is 0 Å². The fraction of sp³-hybridized carbons (Fsp3) is 0.364. The number of nitrogens with one attached hydrogen (secondary N) is 1. The van der Waals surface area contributed by atoms with Gasteiger partial charge in [-0.15, -0.1) is 0 Å². The second-order valence-electron chi connectivity index (χ2n) is 4.03. The number of hydrogen-bond donors (Lipinski definition) is 1. The highest BCUT2D eigenvalue weighted by Gasteiger charge is 2.06. The highest BCUT2D eigenvalue weighted by Crippen LogP contribution is 2.06. The van der Waals surface area contributed by atoms with Crippen LogP contribution in [0.2, 0.25) is 0 Å². The molecular weight excluding hydrogens is 298 g/mol. The Balaban J connectivity index is 1.87. The van der Waals surface area contributed by atoms with Crippen LogP contribution in [0.25, 0.3) is 0 Å². The van der Waals surface area contributed by atoms with Crippen LogP contribution in [-0.2, 0) is 24.9 Å². The molecule has 0 saturated heterocycles. The van der Waals surface area contributed by atoms with Crippen molar-refractivity contribution in [3.63, 3.8) is 0 Å². The van der Waals surface area contributed by atoms with Crippen molar-refractivity contribution >= 4 is 21.8 Å². The van der Waals surface area contributed by atoms with E-state index in [1.807, 2.05) is 20.0 Å². The van der Waals surface area contributed by atoms with E-state index in [-0.39, 0.29) is 12.5 Å². The average molecular weight is 312 g/mol. The van der Waals surface area contributed by atoms with Crippen molar-refractivity contribution in [2.45, 2.75) is 20.0 Å². The number of aromatic nitrogens is 4. The molecule has 0 aliphatic rings. The van der Waals surface area contributed by atoms with E-state index in [0.29, 0.717) is 6.54 Å². The first-order valence-electron chi connectivity index (χ1n) is 5.49.